The van der Waals surface area contributed by atoms with Crippen molar-refractivity contribution in [1.29, 1.82) is 0 Å². The van der Waals surface area contributed by atoms with Crippen LogP contribution in [-0.4, -0.2) is 127 Å². The molecule has 0 aromatic heterocycles. The first kappa shape index (κ1) is 33.4. The van der Waals surface area contributed by atoms with E-state index in [1.165, 1.54) is 43.3 Å². The van der Waals surface area contributed by atoms with Crippen molar-refractivity contribution in [1.82, 2.24) is 0 Å². The maximum absolute atomic E-state index is 12.8. The highest BCUT2D eigenvalue weighted by atomic mass is 16.7. The van der Waals surface area contributed by atoms with E-state index in [0.29, 0.717) is 11.1 Å². The summed E-state index contributed by atoms with van der Waals surface area (Å²) in [7, 11) is 0. The fourth-order valence-corrected chi connectivity index (χ4v) is 4.76. The van der Waals surface area contributed by atoms with Gasteiger partial charge in [0.2, 0.25) is 0 Å². The third-order valence-corrected chi connectivity index (χ3v) is 7.27. The number of phenolic OH excluding ortho intramolecular Hbond substituents is 4. The van der Waals surface area contributed by atoms with E-state index in [0.717, 1.165) is 6.08 Å². The van der Waals surface area contributed by atoms with Crippen molar-refractivity contribution in [3.8, 4) is 23.0 Å². The average Bonchev–Trinajstić information content (AvgIpc) is 2.99. The summed E-state index contributed by atoms with van der Waals surface area (Å²) in [5.74, 6) is -2.40. The van der Waals surface area contributed by atoms with Gasteiger partial charge in [-0.15, -0.1) is 0 Å². The fourth-order valence-electron chi connectivity index (χ4n) is 4.76. The molecule has 0 spiro atoms. The van der Waals surface area contributed by atoms with Crippen molar-refractivity contribution in [2.24, 2.45) is 0 Å². The molecule has 2 saturated heterocycles. The summed E-state index contributed by atoms with van der Waals surface area (Å²) in [5, 5.41) is 90.5. The van der Waals surface area contributed by atoms with Crippen LogP contribution in [0.5, 0.6) is 23.0 Å². The molecule has 2 aromatic carbocycles. The molecule has 0 unspecified atom stereocenters. The highest BCUT2D eigenvalue weighted by molar-refractivity contribution is 5.87. The summed E-state index contributed by atoms with van der Waals surface area (Å²) in [4.78, 5) is 12.8. The summed E-state index contributed by atoms with van der Waals surface area (Å²) >= 11 is 0. The van der Waals surface area contributed by atoms with Crippen LogP contribution < -0.4 is 0 Å². The largest absolute Gasteiger partial charge is 0.504 e. The quantitative estimate of drug-likeness (QED) is 0.0873. The average molecular weight is 625 g/mol. The normalized spacial score (nSPS) is 32.5. The lowest BCUT2D eigenvalue weighted by atomic mass is 9.97. The molecule has 0 saturated carbocycles. The number of aliphatic hydroxyl groups excluding tert-OH is 5. The maximum Gasteiger partial charge on any atom is 0.331 e. The van der Waals surface area contributed by atoms with Crippen molar-refractivity contribution in [3.63, 3.8) is 0 Å². The summed E-state index contributed by atoms with van der Waals surface area (Å²) in [6, 6.07) is 7.98. The van der Waals surface area contributed by atoms with Crippen LogP contribution >= 0.6 is 0 Å². The van der Waals surface area contributed by atoms with E-state index in [9.17, 15) is 50.8 Å². The minimum Gasteiger partial charge on any atom is -0.504 e. The van der Waals surface area contributed by atoms with Crippen molar-refractivity contribution in [2.75, 3.05) is 13.2 Å². The van der Waals surface area contributed by atoms with Crippen LogP contribution in [-0.2, 0) is 34.9 Å². The summed E-state index contributed by atoms with van der Waals surface area (Å²) < 4.78 is 28.2. The fraction of sp³-hybridized carbons (Fsp3) is 0.483. The lowest BCUT2D eigenvalue weighted by molar-refractivity contribution is -0.357. The van der Waals surface area contributed by atoms with E-state index in [-0.39, 0.29) is 30.3 Å². The monoisotopic (exact) mass is 624 g/mol. The first-order chi connectivity index (χ1) is 20.9. The van der Waals surface area contributed by atoms with E-state index in [4.69, 9.17) is 23.7 Å². The molecule has 242 valence electrons. The van der Waals surface area contributed by atoms with Crippen LogP contribution in [0, 0.1) is 0 Å². The predicted molar refractivity (Wildman–Crippen MR) is 147 cm³/mol. The number of benzene rings is 2. The Morgan fingerprint density at radius 2 is 1.50 bits per heavy atom. The Balaban J connectivity index is 1.52. The van der Waals surface area contributed by atoms with Crippen LogP contribution in [0.2, 0.25) is 0 Å². The second-order valence-electron chi connectivity index (χ2n) is 10.4. The van der Waals surface area contributed by atoms with Gasteiger partial charge in [0.1, 0.15) is 36.6 Å². The number of aromatic hydroxyl groups is 4. The zero-order valence-corrected chi connectivity index (χ0v) is 23.5. The van der Waals surface area contributed by atoms with E-state index >= 15 is 0 Å². The zero-order chi connectivity index (χ0) is 32.1. The molecule has 0 radical (unpaired) electrons. The van der Waals surface area contributed by atoms with Crippen molar-refractivity contribution in [2.45, 2.75) is 74.8 Å². The van der Waals surface area contributed by atoms with Crippen molar-refractivity contribution >= 4 is 12.0 Å². The van der Waals surface area contributed by atoms with Crippen LogP contribution in [0.1, 0.15) is 18.1 Å². The molecule has 2 aromatic rings. The lowest BCUT2D eigenvalue weighted by Crippen LogP contribution is -2.65. The van der Waals surface area contributed by atoms with Gasteiger partial charge in [0.05, 0.1) is 19.3 Å². The van der Waals surface area contributed by atoms with Gasteiger partial charge < -0.3 is 69.6 Å². The summed E-state index contributed by atoms with van der Waals surface area (Å²) in [6.07, 6.45) is -12.6. The highest BCUT2D eigenvalue weighted by Gasteiger charge is 2.52. The molecule has 44 heavy (non-hydrogen) atoms. The Morgan fingerprint density at radius 1 is 0.818 bits per heavy atom. The summed E-state index contributed by atoms with van der Waals surface area (Å²) in [6.45, 7) is 0.606. The smallest absolute Gasteiger partial charge is 0.331 e. The Morgan fingerprint density at radius 3 is 2.16 bits per heavy atom. The van der Waals surface area contributed by atoms with Gasteiger partial charge in [0.25, 0.3) is 0 Å². The Kier molecular flexibility index (Phi) is 11.0. The third-order valence-electron chi connectivity index (χ3n) is 7.27. The molecule has 0 bridgehead atoms. The zero-order valence-electron chi connectivity index (χ0n) is 23.5. The van der Waals surface area contributed by atoms with Gasteiger partial charge in [-0.05, 0) is 54.8 Å². The van der Waals surface area contributed by atoms with Gasteiger partial charge in [-0.3, -0.25) is 0 Å². The molecule has 2 heterocycles. The van der Waals surface area contributed by atoms with Gasteiger partial charge in [-0.25, -0.2) is 4.79 Å². The number of hydrogen-bond donors (Lipinski definition) is 9. The SMILES string of the molecule is C[C@@H]1O[C@H](O[C@@H]2[C@@H](O)[C@H](OCCc3ccc(O)c(O)c3)O[C@@H](CO)[C@H]2OC(=O)/C=C/c2ccc(O)c(O)c2)[C@H](O)[C@H](O)[C@H]1O. The van der Waals surface area contributed by atoms with Gasteiger partial charge in [0.15, 0.2) is 41.7 Å². The predicted octanol–water partition coefficient (Wildman–Crippen LogP) is -1.02. The van der Waals surface area contributed by atoms with Crippen molar-refractivity contribution < 1.29 is 74.4 Å². The molecule has 9 N–H and O–H groups in total. The van der Waals surface area contributed by atoms with Gasteiger partial charge in [-0.1, -0.05) is 12.1 Å². The van der Waals surface area contributed by atoms with Crippen LogP contribution in [0.15, 0.2) is 42.5 Å². The van der Waals surface area contributed by atoms with E-state index in [2.05, 4.69) is 0 Å². The minimum atomic E-state index is -1.77. The number of hydrogen-bond acceptors (Lipinski definition) is 15. The van der Waals surface area contributed by atoms with Crippen molar-refractivity contribution in [3.05, 3.63) is 53.6 Å². The standard InChI is InChI=1S/C29H36O15/c1-13-22(36)23(37)24(38)29(41-13)44-27-25(39)28(40-9-8-15-3-6-17(32)19(34)11-15)42-20(12-30)26(27)43-21(35)7-4-14-2-5-16(31)18(33)10-14/h2-7,10-11,13,20,22-34,36-39H,8-9,12H2,1H3/b7-4+/t13-,20-,22-,23+,24+,25+,26+,27+,28+,29+/m0/s1. The lowest BCUT2D eigenvalue weighted by Gasteiger charge is -2.46. The molecular weight excluding hydrogens is 588 g/mol. The molecule has 2 fully saturated rings. The van der Waals surface area contributed by atoms with Crippen LogP contribution in [0.3, 0.4) is 0 Å². The van der Waals surface area contributed by atoms with E-state index < -0.39 is 79.7 Å². The van der Waals surface area contributed by atoms with E-state index in [1.807, 2.05) is 0 Å². The number of carbonyl (C=O) groups is 1. The van der Waals surface area contributed by atoms with Gasteiger partial charge in [0, 0.05) is 6.08 Å². The van der Waals surface area contributed by atoms with Gasteiger partial charge >= 0.3 is 5.97 Å². The molecule has 2 aliphatic heterocycles. The number of phenols is 4. The molecule has 10 atom stereocenters. The van der Waals surface area contributed by atoms with E-state index in [1.54, 1.807) is 6.07 Å². The molecule has 0 amide bonds. The Labute approximate surface area is 251 Å². The highest BCUT2D eigenvalue weighted by Crippen LogP contribution is 2.32. The molecule has 0 aliphatic carbocycles. The third kappa shape index (κ3) is 7.76. The molecule has 4 rings (SSSR count). The van der Waals surface area contributed by atoms with Crippen LogP contribution in [0.25, 0.3) is 6.08 Å². The second-order valence-corrected chi connectivity index (χ2v) is 10.4. The Hall–Kier alpha value is -3.51. The number of ether oxygens (including phenoxy) is 5. The summed E-state index contributed by atoms with van der Waals surface area (Å²) in [5.41, 5.74) is 0.914. The number of carbonyl (C=O) groups excluding carboxylic acids is 1. The maximum atomic E-state index is 12.8. The number of aliphatic hydroxyl groups is 5. The van der Waals surface area contributed by atoms with Gasteiger partial charge in [-0.2, -0.15) is 0 Å². The topological polar surface area (TPSA) is 245 Å². The molecule has 15 heteroatoms. The Bertz CT molecular complexity index is 1300. The second kappa shape index (κ2) is 14.5. The molecular formula is C29H36O15. The molecule has 2 aliphatic rings. The molecule has 15 nitrogen and oxygen atoms in total. The number of esters is 1. The minimum absolute atomic E-state index is 0.0754. The number of rotatable bonds is 10. The van der Waals surface area contributed by atoms with Crippen LogP contribution in [0.4, 0.5) is 0 Å². The first-order valence-corrected chi connectivity index (χ1v) is 13.7. The first-order valence-electron chi connectivity index (χ1n) is 13.7.